The molecule has 0 aromatic rings. The monoisotopic (exact) mass is 505 g/mol. The van der Waals surface area contributed by atoms with Gasteiger partial charge in [0.1, 0.15) is 12.0 Å². The number of nitrogens with one attached hydrogen (secondary N) is 1. The van der Waals surface area contributed by atoms with Crippen LogP contribution < -0.4 is 5.32 Å². The van der Waals surface area contributed by atoms with Gasteiger partial charge in [-0.1, -0.05) is 50.1 Å². The third-order valence-corrected chi connectivity index (χ3v) is 7.40. The molecule has 0 aromatic carbocycles. The Bertz CT molecular complexity index is 858. The first-order valence-electron chi connectivity index (χ1n) is 11.7. The summed E-state index contributed by atoms with van der Waals surface area (Å²) in [4.78, 5) is 1.99. The van der Waals surface area contributed by atoms with Crippen molar-refractivity contribution in [2.75, 3.05) is 26.7 Å². The molecule has 0 saturated carbocycles. The van der Waals surface area contributed by atoms with Gasteiger partial charge in [-0.05, 0) is 38.3 Å². The van der Waals surface area contributed by atoms with Gasteiger partial charge in [0.05, 0.1) is 12.2 Å². The topological polar surface area (TPSA) is 68.2 Å². The van der Waals surface area contributed by atoms with Crippen molar-refractivity contribution >= 4 is 11.6 Å². The van der Waals surface area contributed by atoms with Gasteiger partial charge in [0.25, 0.3) is 0 Å². The van der Waals surface area contributed by atoms with E-state index in [9.17, 15) is 23.5 Å². The van der Waals surface area contributed by atoms with Crippen LogP contribution >= 0.6 is 11.6 Å². The summed E-state index contributed by atoms with van der Waals surface area (Å²) in [5.74, 6) is -0.197. The number of ether oxygens (including phenoxy) is 1. The summed E-state index contributed by atoms with van der Waals surface area (Å²) in [5, 5.41) is 25.7. The fourth-order valence-corrected chi connectivity index (χ4v) is 5.23. The van der Waals surface area contributed by atoms with Crippen molar-refractivity contribution in [3.05, 3.63) is 46.4 Å². The van der Waals surface area contributed by atoms with Crippen molar-refractivity contribution in [2.24, 2.45) is 11.3 Å². The van der Waals surface area contributed by atoms with Crippen LogP contribution in [0.4, 0.5) is 13.2 Å². The number of halogens is 4. The number of nitrogens with zero attached hydrogens (tertiary/aromatic N) is 2. The molecule has 1 aliphatic heterocycles. The first-order chi connectivity index (χ1) is 15.9. The lowest BCUT2D eigenvalue weighted by Crippen LogP contribution is -2.53. The number of alkyl halides is 3. The summed E-state index contributed by atoms with van der Waals surface area (Å²) in [6.07, 6.45) is 4.78. The van der Waals surface area contributed by atoms with Crippen LogP contribution in [0.25, 0.3) is 0 Å². The number of piperidine rings is 1. The van der Waals surface area contributed by atoms with Crippen LogP contribution in [0, 0.1) is 11.3 Å². The molecule has 4 atom stereocenters. The summed E-state index contributed by atoms with van der Waals surface area (Å²) in [6.45, 7) is 5.07. The smallest absolute Gasteiger partial charge is 0.410 e. The van der Waals surface area contributed by atoms with Crippen LogP contribution in [0.1, 0.15) is 46.0 Å². The Hall–Kier alpha value is -1.52. The third-order valence-electron chi connectivity index (χ3n) is 6.88. The van der Waals surface area contributed by atoms with Gasteiger partial charge in [0.15, 0.2) is 0 Å². The van der Waals surface area contributed by atoms with Crippen LogP contribution in [0.5, 0.6) is 0 Å². The number of hydrogen-bond acceptors (Lipinski definition) is 6. The molecule has 10 heteroatoms. The first kappa shape index (κ1) is 27.1. The maximum absolute atomic E-state index is 13.1. The number of likely N-dealkylation sites (N-methyl/N-ethyl adjacent to an activating group) is 1. The van der Waals surface area contributed by atoms with E-state index in [-0.39, 0.29) is 30.7 Å². The van der Waals surface area contributed by atoms with Gasteiger partial charge in [-0.25, -0.2) is 0 Å². The van der Waals surface area contributed by atoms with Gasteiger partial charge >= 0.3 is 6.36 Å². The van der Waals surface area contributed by atoms with E-state index in [0.717, 1.165) is 30.9 Å². The summed E-state index contributed by atoms with van der Waals surface area (Å²) in [5.41, 5.74) is -0.0102. The Morgan fingerprint density at radius 1 is 1.38 bits per heavy atom. The van der Waals surface area contributed by atoms with E-state index in [1.165, 1.54) is 0 Å². The highest BCUT2D eigenvalue weighted by molar-refractivity contribution is 6.30. The van der Waals surface area contributed by atoms with Gasteiger partial charge < -0.3 is 15.2 Å². The quantitative estimate of drug-likeness (QED) is 0.409. The molecular formula is C24H35ClF3N3O3. The minimum absolute atomic E-state index is 0.0410. The maximum Gasteiger partial charge on any atom is 0.572 e. The second-order valence-electron chi connectivity index (χ2n) is 9.59. The molecule has 3 N–H and O–H groups in total. The maximum atomic E-state index is 13.1. The highest BCUT2D eigenvalue weighted by atomic mass is 35.5. The molecule has 1 saturated heterocycles. The van der Waals surface area contributed by atoms with E-state index in [0.29, 0.717) is 29.3 Å². The van der Waals surface area contributed by atoms with E-state index in [4.69, 9.17) is 11.6 Å². The zero-order chi connectivity index (χ0) is 25.1. The van der Waals surface area contributed by atoms with Crippen molar-refractivity contribution in [3.8, 4) is 0 Å². The van der Waals surface area contributed by atoms with Crippen LogP contribution in [0.15, 0.2) is 46.4 Å². The van der Waals surface area contributed by atoms with Gasteiger partial charge in [0.2, 0.25) is 0 Å². The average molecular weight is 506 g/mol. The van der Waals surface area contributed by atoms with Crippen LogP contribution in [0.3, 0.4) is 0 Å². The lowest BCUT2D eigenvalue weighted by atomic mass is 9.73. The Kier molecular flexibility index (Phi) is 8.79. The van der Waals surface area contributed by atoms with Gasteiger partial charge in [-0.15, -0.1) is 13.2 Å². The number of likely N-dealkylation sites (tertiary alicyclic amines) is 1. The zero-order valence-electron chi connectivity index (χ0n) is 19.9. The molecule has 4 unspecified atom stereocenters. The molecule has 6 nitrogen and oxygen atoms in total. The van der Waals surface area contributed by atoms with Gasteiger partial charge in [-0.3, -0.25) is 15.2 Å². The third kappa shape index (κ3) is 6.37. The lowest BCUT2D eigenvalue weighted by molar-refractivity contribution is -0.307. The number of aliphatic hydroxyl groups is 1. The predicted molar refractivity (Wildman–Crippen MR) is 125 cm³/mol. The molecule has 3 rings (SSSR count). The molecule has 0 aromatic heterocycles. The largest absolute Gasteiger partial charge is 0.572 e. The number of rotatable bonds is 8. The summed E-state index contributed by atoms with van der Waals surface area (Å²) in [7, 11) is 1.78. The minimum Gasteiger partial charge on any atom is -0.410 e. The molecule has 2 aliphatic carbocycles. The number of aliphatic hydroxyl groups excluding tert-OH is 1. The standard InChI is InChI=1S/C24H35ClF3N3O3/c1-16-7-8-19(20(12-16)34-24(26,27)28)23(2)10-9-17(13-21(23)25)31(33)15-18-6-4-5-11-30(18)22(32)14-29-3/h7-9,13,16,18,22,29,32-33H,4-6,10-12,14-15H2,1-3H3. The minimum atomic E-state index is -4.78. The Morgan fingerprint density at radius 3 is 2.76 bits per heavy atom. The predicted octanol–water partition coefficient (Wildman–Crippen LogP) is 4.87. The second kappa shape index (κ2) is 11.0. The van der Waals surface area contributed by atoms with Crippen LogP contribution in [-0.4, -0.2) is 65.6 Å². The average Bonchev–Trinajstić information content (AvgIpc) is 2.75. The molecule has 3 aliphatic rings. The number of hydroxylamine groups is 2. The van der Waals surface area contributed by atoms with Gasteiger partial charge in [-0.2, -0.15) is 0 Å². The van der Waals surface area contributed by atoms with Gasteiger partial charge in [0, 0.05) is 41.6 Å². The fourth-order valence-electron chi connectivity index (χ4n) is 4.94. The second-order valence-corrected chi connectivity index (χ2v) is 10.00. The SMILES string of the molecule is CNCC(O)N1CCCCC1CN(O)C1=CCC(C)(C2=C(OC(F)(F)F)CC(C)C=C2)C(Cl)=C1. The molecule has 1 fully saturated rings. The first-order valence-corrected chi connectivity index (χ1v) is 12.1. The number of hydrogen-bond donors (Lipinski definition) is 3. The molecule has 1 heterocycles. The summed E-state index contributed by atoms with van der Waals surface area (Å²) < 4.78 is 43.5. The van der Waals surface area contributed by atoms with E-state index >= 15 is 0 Å². The number of allylic oxidation sites excluding steroid dienone is 7. The summed E-state index contributed by atoms with van der Waals surface area (Å²) >= 11 is 6.65. The van der Waals surface area contributed by atoms with Crippen molar-refractivity contribution in [2.45, 2.75) is 64.6 Å². The summed E-state index contributed by atoms with van der Waals surface area (Å²) in [6, 6.07) is -0.0410. The van der Waals surface area contributed by atoms with Crippen LogP contribution in [-0.2, 0) is 4.74 Å². The van der Waals surface area contributed by atoms with Crippen molar-refractivity contribution < 1.29 is 28.2 Å². The Morgan fingerprint density at radius 2 is 2.12 bits per heavy atom. The molecule has 192 valence electrons. The zero-order valence-corrected chi connectivity index (χ0v) is 20.7. The van der Waals surface area contributed by atoms with Crippen molar-refractivity contribution in [1.82, 2.24) is 15.3 Å². The molecular weight excluding hydrogens is 471 g/mol. The van der Waals surface area contributed by atoms with E-state index < -0.39 is 18.0 Å². The molecule has 0 radical (unpaired) electrons. The molecule has 34 heavy (non-hydrogen) atoms. The lowest BCUT2D eigenvalue weighted by Gasteiger charge is -2.41. The Balaban J connectivity index is 1.77. The normalized spacial score (nSPS) is 29.6. The molecule has 0 amide bonds. The Labute approximate surface area is 204 Å². The fraction of sp³-hybridized carbons (Fsp3) is 0.667. The van der Waals surface area contributed by atoms with E-state index in [2.05, 4.69) is 10.1 Å². The van der Waals surface area contributed by atoms with Crippen LogP contribution in [0.2, 0.25) is 0 Å². The van der Waals surface area contributed by atoms with E-state index in [1.807, 2.05) is 17.9 Å². The molecule has 0 spiro atoms. The molecule has 0 bridgehead atoms. The van der Waals surface area contributed by atoms with Crippen molar-refractivity contribution in [3.63, 3.8) is 0 Å². The highest BCUT2D eigenvalue weighted by Gasteiger charge is 2.41. The van der Waals surface area contributed by atoms with Crippen molar-refractivity contribution in [1.29, 1.82) is 0 Å². The highest BCUT2D eigenvalue weighted by Crippen LogP contribution is 2.49. The van der Waals surface area contributed by atoms with E-state index in [1.54, 1.807) is 32.2 Å².